The van der Waals surface area contributed by atoms with Gasteiger partial charge in [-0.3, -0.25) is 14.4 Å². The van der Waals surface area contributed by atoms with Gasteiger partial charge in [-0.05, 0) is 103 Å². The van der Waals surface area contributed by atoms with E-state index in [1.807, 2.05) is 0 Å². The second kappa shape index (κ2) is 53.9. The van der Waals surface area contributed by atoms with Crippen LogP contribution in [0.4, 0.5) is 0 Å². The standard InChI is InChI=1S/C60H100O6/c1-4-7-10-13-16-19-22-25-28-30-31-33-35-38-41-44-47-50-53-59(62)65-56-57(55-64-58(61)52-49-46-43-40-37-34-27-24-21-18-15-12-9-6-3)66-60(63)54-51-48-45-42-39-36-32-29-26-23-20-17-14-11-8-5-2/h8-9,11-12,17-18,20-22,25-26,28-31,33,57H,4-7,10,13-16,19,23-24,27,32,34-56H2,1-3H3/b11-8-,12-9-,20-17-,21-18-,25-22-,29-26-,30-28-,33-31-. The molecule has 0 aliphatic carbocycles. The van der Waals surface area contributed by atoms with Crippen LogP contribution in [0.5, 0.6) is 0 Å². The van der Waals surface area contributed by atoms with Crippen LogP contribution >= 0.6 is 0 Å². The van der Waals surface area contributed by atoms with Crippen molar-refractivity contribution in [3.05, 3.63) is 97.2 Å². The molecule has 0 saturated carbocycles. The predicted molar refractivity (Wildman–Crippen MR) is 284 cm³/mol. The summed E-state index contributed by atoms with van der Waals surface area (Å²) in [5.41, 5.74) is 0. The third-order valence-corrected chi connectivity index (χ3v) is 11.4. The summed E-state index contributed by atoms with van der Waals surface area (Å²) >= 11 is 0. The number of carbonyl (C=O) groups excluding carboxylic acids is 3. The third-order valence-electron chi connectivity index (χ3n) is 11.4. The van der Waals surface area contributed by atoms with Crippen LogP contribution in [-0.2, 0) is 28.6 Å². The van der Waals surface area contributed by atoms with Crippen molar-refractivity contribution in [3.63, 3.8) is 0 Å². The third kappa shape index (κ3) is 51.3. The van der Waals surface area contributed by atoms with Crippen molar-refractivity contribution in [2.45, 2.75) is 252 Å². The lowest BCUT2D eigenvalue weighted by Crippen LogP contribution is -2.30. The van der Waals surface area contributed by atoms with Crippen LogP contribution in [-0.4, -0.2) is 37.2 Å². The number of ether oxygens (including phenoxy) is 3. The first kappa shape index (κ1) is 62.3. The van der Waals surface area contributed by atoms with Crippen molar-refractivity contribution >= 4 is 17.9 Å². The van der Waals surface area contributed by atoms with Crippen molar-refractivity contribution in [2.24, 2.45) is 0 Å². The van der Waals surface area contributed by atoms with Crippen LogP contribution < -0.4 is 0 Å². The lowest BCUT2D eigenvalue weighted by Gasteiger charge is -2.18. The summed E-state index contributed by atoms with van der Waals surface area (Å²) < 4.78 is 16.8. The Morgan fingerprint density at radius 2 is 0.652 bits per heavy atom. The first-order chi connectivity index (χ1) is 32.5. The molecule has 0 N–H and O–H groups in total. The van der Waals surface area contributed by atoms with E-state index in [-0.39, 0.29) is 31.1 Å². The van der Waals surface area contributed by atoms with Crippen molar-refractivity contribution < 1.29 is 28.6 Å². The highest BCUT2D eigenvalue weighted by atomic mass is 16.6. The van der Waals surface area contributed by atoms with Crippen LogP contribution in [0.2, 0.25) is 0 Å². The maximum atomic E-state index is 12.8. The first-order valence-electron chi connectivity index (χ1n) is 27.3. The van der Waals surface area contributed by atoms with Gasteiger partial charge in [-0.15, -0.1) is 0 Å². The molecule has 6 heteroatoms. The summed E-state index contributed by atoms with van der Waals surface area (Å²) in [5.74, 6) is -0.936. The van der Waals surface area contributed by atoms with Crippen LogP contribution in [0.15, 0.2) is 97.2 Å². The van der Waals surface area contributed by atoms with Crippen molar-refractivity contribution in [1.29, 1.82) is 0 Å². The van der Waals surface area contributed by atoms with E-state index in [1.165, 1.54) is 70.6 Å². The SMILES string of the molecule is CC/C=C\C/C=C\C/C=C\CCCCCCCCC(=O)OC(COC(=O)CCCCCCC\C=C/C=C\C=C/CCCCCCC)COC(=O)CCCCCCCCC/C=C\C/C=C\CC. The Morgan fingerprint density at radius 3 is 1.05 bits per heavy atom. The van der Waals surface area contributed by atoms with Crippen molar-refractivity contribution in [3.8, 4) is 0 Å². The number of hydrogen-bond donors (Lipinski definition) is 0. The second-order valence-corrected chi connectivity index (χ2v) is 17.8. The van der Waals surface area contributed by atoms with Gasteiger partial charge in [0.05, 0.1) is 0 Å². The van der Waals surface area contributed by atoms with Gasteiger partial charge in [-0.25, -0.2) is 0 Å². The van der Waals surface area contributed by atoms with Gasteiger partial charge in [-0.1, -0.05) is 221 Å². The molecule has 0 heterocycles. The molecule has 1 atom stereocenters. The van der Waals surface area contributed by atoms with E-state index in [0.717, 1.165) is 135 Å². The van der Waals surface area contributed by atoms with Crippen LogP contribution in [0.1, 0.15) is 245 Å². The summed E-state index contributed by atoms with van der Waals surface area (Å²) in [6.45, 7) is 6.37. The average Bonchev–Trinajstić information content (AvgIpc) is 3.31. The van der Waals surface area contributed by atoms with E-state index >= 15 is 0 Å². The van der Waals surface area contributed by atoms with Crippen LogP contribution in [0.25, 0.3) is 0 Å². The molecule has 0 bridgehead atoms. The van der Waals surface area contributed by atoms with Gasteiger partial charge in [-0.2, -0.15) is 0 Å². The Morgan fingerprint density at radius 1 is 0.333 bits per heavy atom. The van der Waals surface area contributed by atoms with E-state index in [0.29, 0.717) is 19.3 Å². The van der Waals surface area contributed by atoms with Gasteiger partial charge in [0.2, 0.25) is 0 Å². The van der Waals surface area contributed by atoms with Gasteiger partial charge < -0.3 is 14.2 Å². The smallest absolute Gasteiger partial charge is 0.306 e. The van der Waals surface area contributed by atoms with Gasteiger partial charge in [0, 0.05) is 19.3 Å². The molecule has 0 aromatic carbocycles. The highest BCUT2D eigenvalue weighted by molar-refractivity contribution is 5.71. The molecule has 0 aliphatic heterocycles. The number of hydrogen-bond acceptors (Lipinski definition) is 6. The molecule has 0 amide bonds. The highest BCUT2D eigenvalue weighted by Gasteiger charge is 2.19. The number of allylic oxidation sites excluding steroid dienone is 16. The molecular weight excluding hydrogens is 817 g/mol. The Balaban J connectivity index is 4.46. The van der Waals surface area contributed by atoms with E-state index < -0.39 is 6.10 Å². The lowest BCUT2D eigenvalue weighted by atomic mass is 10.1. The Hall–Kier alpha value is -3.67. The number of unbranched alkanes of at least 4 members (excludes halogenated alkanes) is 23. The molecule has 66 heavy (non-hydrogen) atoms. The molecule has 0 radical (unpaired) electrons. The largest absolute Gasteiger partial charge is 0.462 e. The van der Waals surface area contributed by atoms with Gasteiger partial charge in [0.25, 0.3) is 0 Å². The zero-order valence-corrected chi connectivity index (χ0v) is 42.9. The number of esters is 3. The topological polar surface area (TPSA) is 78.9 Å². The van der Waals surface area contributed by atoms with Crippen LogP contribution in [0.3, 0.4) is 0 Å². The summed E-state index contributed by atoms with van der Waals surface area (Å²) in [4.78, 5) is 38.1. The zero-order chi connectivity index (χ0) is 47.9. The minimum atomic E-state index is -0.797. The van der Waals surface area contributed by atoms with E-state index in [2.05, 4.69) is 118 Å². The summed E-state index contributed by atoms with van der Waals surface area (Å²) in [5, 5.41) is 0. The number of rotatable bonds is 48. The quantitative estimate of drug-likeness (QED) is 0.0199. The summed E-state index contributed by atoms with van der Waals surface area (Å²) in [6, 6.07) is 0. The fourth-order valence-electron chi connectivity index (χ4n) is 7.32. The zero-order valence-electron chi connectivity index (χ0n) is 42.9. The Labute approximate surface area is 407 Å². The molecular formula is C60H100O6. The molecule has 0 aromatic rings. The Bertz CT molecular complexity index is 1330. The summed E-state index contributed by atoms with van der Waals surface area (Å²) in [6.07, 6.45) is 71.0. The molecule has 0 spiro atoms. The van der Waals surface area contributed by atoms with E-state index in [9.17, 15) is 14.4 Å². The monoisotopic (exact) mass is 917 g/mol. The molecule has 0 rings (SSSR count). The molecule has 1 unspecified atom stereocenters. The van der Waals surface area contributed by atoms with Gasteiger partial charge in [0.1, 0.15) is 13.2 Å². The number of carbonyl (C=O) groups is 3. The lowest BCUT2D eigenvalue weighted by molar-refractivity contribution is -0.167. The minimum absolute atomic E-state index is 0.0949. The molecule has 0 aliphatic rings. The molecule has 0 saturated heterocycles. The van der Waals surface area contributed by atoms with Crippen LogP contribution in [0, 0.1) is 0 Å². The molecule has 376 valence electrons. The average molecular weight is 917 g/mol. The summed E-state index contributed by atoms with van der Waals surface area (Å²) in [7, 11) is 0. The maximum Gasteiger partial charge on any atom is 0.306 e. The molecule has 6 nitrogen and oxygen atoms in total. The normalized spacial score (nSPS) is 12.8. The Kier molecular flexibility index (Phi) is 50.9. The second-order valence-electron chi connectivity index (χ2n) is 17.8. The first-order valence-corrected chi connectivity index (χ1v) is 27.3. The molecule has 0 fully saturated rings. The maximum absolute atomic E-state index is 12.8. The highest BCUT2D eigenvalue weighted by Crippen LogP contribution is 2.14. The van der Waals surface area contributed by atoms with Gasteiger partial charge in [0.15, 0.2) is 6.10 Å². The van der Waals surface area contributed by atoms with Crippen molar-refractivity contribution in [2.75, 3.05) is 13.2 Å². The fraction of sp³-hybridized carbons (Fsp3) is 0.683. The molecule has 0 aromatic heterocycles. The predicted octanol–water partition coefficient (Wildman–Crippen LogP) is 18.1. The van der Waals surface area contributed by atoms with Crippen molar-refractivity contribution in [1.82, 2.24) is 0 Å². The minimum Gasteiger partial charge on any atom is -0.462 e. The fourth-order valence-corrected chi connectivity index (χ4v) is 7.32. The van der Waals surface area contributed by atoms with E-state index in [1.54, 1.807) is 0 Å². The van der Waals surface area contributed by atoms with E-state index in [4.69, 9.17) is 14.2 Å². The van der Waals surface area contributed by atoms with Gasteiger partial charge >= 0.3 is 17.9 Å².